The first-order chi connectivity index (χ1) is 17.2. The van der Waals surface area contributed by atoms with Gasteiger partial charge in [-0.3, -0.25) is 0 Å². The van der Waals surface area contributed by atoms with Crippen LogP contribution < -0.4 is 20.4 Å². The van der Waals surface area contributed by atoms with Crippen LogP contribution in [0, 0.1) is 0 Å². The predicted molar refractivity (Wildman–Crippen MR) is 136 cm³/mol. The number of rotatable bonds is 4. The average Bonchev–Trinajstić information content (AvgIpc) is 3.67. The van der Waals surface area contributed by atoms with E-state index in [1.54, 1.807) is 20.4 Å². The van der Waals surface area contributed by atoms with E-state index in [0.717, 1.165) is 62.7 Å². The molecule has 0 aliphatic carbocycles. The highest BCUT2D eigenvalue weighted by molar-refractivity contribution is 6.19. The molecule has 176 valence electrons. The van der Waals surface area contributed by atoms with Crippen molar-refractivity contribution in [1.29, 1.82) is 0 Å². The van der Waals surface area contributed by atoms with Crippen molar-refractivity contribution in [3.63, 3.8) is 0 Å². The second-order valence-corrected chi connectivity index (χ2v) is 8.45. The molecule has 4 aromatic heterocycles. The van der Waals surface area contributed by atoms with Gasteiger partial charge in [0, 0.05) is 35.1 Å². The maximum absolute atomic E-state index is 5.98. The molecule has 0 spiro atoms. The zero-order chi connectivity index (χ0) is 23.9. The number of fused-ring (bicyclic) bond motifs is 7. The Morgan fingerprint density at radius 2 is 1.80 bits per heavy atom. The Morgan fingerprint density at radius 1 is 0.971 bits per heavy atom. The van der Waals surface area contributed by atoms with E-state index in [2.05, 4.69) is 52.2 Å². The summed E-state index contributed by atoms with van der Waals surface area (Å²) in [6, 6.07) is 8.27. The fraction of sp³-hybridized carbons (Fsp3) is 0.185. The second-order valence-electron chi connectivity index (χ2n) is 8.45. The summed E-state index contributed by atoms with van der Waals surface area (Å²) in [7, 11) is 3.38. The summed E-state index contributed by atoms with van der Waals surface area (Å²) < 4.78 is 3.76. The molecule has 0 aromatic carbocycles. The van der Waals surface area contributed by atoms with Gasteiger partial charge in [-0.25, -0.2) is 9.98 Å². The Hall–Kier alpha value is -4.46. The molecule has 0 amide bonds. The minimum atomic E-state index is 0.615. The van der Waals surface area contributed by atoms with Crippen LogP contribution in [0.1, 0.15) is 35.3 Å². The van der Waals surface area contributed by atoms with Crippen LogP contribution in [0.15, 0.2) is 59.5 Å². The van der Waals surface area contributed by atoms with E-state index in [1.807, 2.05) is 40.0 Å². The van der Waals surface area contributed by atoms with Gasteiger partial charge in [0.1, 0.15) is 20.0 Å². The summed E-state index contributed by atoms with van der Waals surface area (Å²) in [6.07, 6.45) is 15.2. The average molecular weight is 467 g/mol. The van der Waals surface area contributed by atoms with Crippen LogP contribution in [0.5, 0.6) is 0 Å². The van der Waals surface area contributed by atoms with Gasteiger partial charge < -0.3 is 19.6 Å². The van der Waals surface area contributed by atoms with Crippen LogP contribution in [-0.4, -0.2) is 44.3 Å². The molecule has 4 aromatic rings. The number of H-pyrrole nitrogens is 2. The van der Waals surface area contributed by atoms with Gasteiger partial charge >= 0.3 is 0 Å². The first-order valence-corrected chi connectivity index (χ1v) is 11.6. The number of aromatic amines is 2. The van der Waals surface area contributed by atoms with Gasteiger partial charge in [-0.05, 0) is 66.6 Å². The van der Waals surface area contributed by atoms with Crippen molar-refractivity contribution in [2.45, 2.75) is 19.8 Å². The summed E-state index contributed by atoms with van der Waals surface area (Å²) >= 11 is 0. The summed E-state index contributed by atoms with van der Waals surface area (Å²) in [5, 5.41) is 1.97. The fourth-order valence-corrected chi connectivity index (χ4v) is 4.96. The molecule has 0 saturated carbocycles. The molecule has 2 aliphatic rings. The molecule has 6 heterocycles. The minimum Gasteiger partial charge on any atom is -0.417 e. The van der Waals surface area contributed by atoms with Crippen molar-refractivity contribution >= 4 is 23.9 Å². The first kappa shape index (κ1) is 21.1. The lowest BCUT2D eigenvalue weighted by atomic mass is 10.0. The molecular formula is C27H26N6O2. The fourth-order valence-electron chi connectivity index (χ4n) is 4.96. The Balaban J connectivity index is 1.67. The minimum absolute atomic E-state index is 0.615. The number of nitrogens with zero attached hydrogens (tertiary/aromatic N) is 4. The lowest BCUT2D eigenvalue weighted by Crippen LogP contribution is -2.17. The van der Waals surface area contributed by atoms with E-state index in [0.29, 0.717) is 6.42 Å². The number of aliphatic imine (C=N–C) groups is 1. The molecule has 0 atom stereocenters. The van der Waals surface area contributed by atoms with Crippen LogP contribution in [0.3, 0.4) is 0 Å². The van der Waals surface area contributed by atoms with Crippen molar-refractivity contribution in [1.82, 2.24) is 24.4 Å². The molecule has 2 aliphatic heterocycles. The van der Waals surface area contributed by atoms with Crippen LogP contribution >= 0.6 is 0 Å². The number of aromatic nitrogens is 5. The van der Waals surface area contributed by atoms with Gasteiger partial charge in [0.2, 0.25) is 0 Å². The summed E-state index contributed by atoms with van der Waals surface area (Å²) in [5.41, 5.74) is 7.82. The van der Waals surface area contributed by atoms with Crippen molar-refractivity contribution < 1.29 is 9.68 Å². The van der Waals surface area contributed by atoms with Crippen molar-refractivity contribution in [2.75, 3.05) is 14.2 Å². The highest BCUT2D eigenvalue weighted by Crippen LogP contribution is 2.34. The van der Waals surface area contributed by atoms with Gasteiger partial charge in [-0.15, -0.1) is 0 Å². The van der Waals surface area contributed by atoms with E-state index < -0.39 is 0 Å². The standard InChI is InChI=1S/C27H26N6O2/c1-4-23-24-16-22-10-9-21(32(22)34-2)14-19-7-5-17(30-19)13-18-6-8-20(31-18)15-25(33(24)35-3)26(23)27-28-11-12-29-27/h5-15,30H,4,16H2,1-3H3,(H,28,29). The number of nitrogens with one attached hydrogen (secondary N) is 2. The molecule has 8 nitrogen and oxygen atoms in total. The van der Waals surface area contributed by atoms with Gasteiger partial charge in [0.05, 0.1) is 34.2 Å². The Labute approximate surface area is 202 Å². The summed E-state index contributed by atoms with van der Waals surface area (Å²) in [6.45, 7) is 2.16. The highest BCUT2D eigenvalue weighted by Gasteiger charge is 2.26. The van der Waals surface area contributed by atoms with Gasteiger partial charge in [0.15, 0.2) is 0 Å². The predicted octanol–water partition coefficient (Wildman–Crippen LogP) is 2.25. The quantitative estimate of drug-likeness (QED) is 0.484. The van der Waals surface area contributed by atoms with E-state index in [9.17, 15) is 0 Å². The lowest BCUT2D eigenvalue weighted by Gasteiger charge is -2.13. The Morgan fingerprint density at radius 3 is 2.54 bits per heavy atom. The molecule has 8 bridgehead atoms. The van der Waals surface area contributed by atoms with Crippen LogP contribution in [0.4, 0.5) is 0 Å². The molecule has 2 N–H and O–H groups in total. The molecule has 0 saturated heterocycles. The first-order valence-electron chi connectivity index (χ1n) is 11.6. The number of hydrogen-bond donors (Lipinski definition) is 2. The van der Waals surface area contributed by atoms with Gasteiger partial charge in [-0.1, -0.05) is 6.92 Å². The molecule has 0 radical (unpaired) electrons. The molecule has 35 heavy (non-hydrogen) atoms. The molecule has 0 fully saturated rings. The third kappa shape index (κ3) is 3.54. The van der Waals surface area contributed by atoms with E-state index in [4.69, 9.17) is 14.7 Å². The largest absolute Gasteiger partial charge is 0.417 e. The zero-order valence-corrected chi connectivity index (χ0v) is 19.9. The van der Waals surface area contributed by atoms with Crippen LogP contribution in [0.25, 0.3) is 29.6 Å². The molecule has 0 unspecified atom stereocenters. The third-order valence-electron chi connectivity index (χ3n) is 6.42. The highest BCUT2D eigenvalue weighted by atomic mass is 16.7. The van der Waals surface area contributed by atoms with E-state index >= 15 is 0 Å². The number of hydrogen-bond acceptors (Lipinski definition) is 4. The number of imidazole rings is 1. The van der Waals surface area contributed by atoms with Gasteiger partial charge in [0.25, 0.3) is 0 Å². The molecular weight excluding hydrogens is 440 g/mol. The zero-order valence-electron chi connectivity index (χ0n) is 19.9. The van der Waals surface area contributed by atoms with Crippen LogP contribution in [0.2, 0.25) is 0 Å². The third-order valence-corrected chi connectivity index (χ3v) is 6.42. The summed E-state index contributed by atoms with van der Waals surface area (Å²) in [4.78, 5) is 27.9. The maximum atomic E-state index is 5.98. The smallest absolute Gasteiger partial charge is 0.139 e. The molecule has 6 rings (SSSR count). The monoisotopic (exact) mass is 466 g/mol. The Bertz CT molecular complexity index is 1620. The van der Waals surface area contributed by atoms with E-state index in [-0.39, 0.29) is 0 Å². The molecule has 8 heteroatoms. The van der Waals surface area contributed by atoms with Crippen molar-refractivity contribution in [2.24, 2.45) is 4.99 Å². The SMILES string of the molecule is CCc1c(-c2ncc[nH]2)c2n(OC)c1Cc1ccc(n1OC)C=c1ccc([nH]1)=CC1=NC(=C2)C=C1. The normalized spacial score (nSPS) is 14.3. The van der Waals surface area contributed by atoms with Crippen LogP contribution in [-0.2, 0) is 12.8 Å². The second kappa shape index (κ2) is 8.39. The Kier molecular flexibility index (Phi) is 5.06. The maximum Gasteiger partial charge on any atom is 0.139 e. The van der Waals surface area contributed by atoms with Crippen molar-refractivity contribution in [3.8, 4) is 11.4 Å². The summed E-state index contributed by atoms with van der Waals surface area (Å²) in [5.74, 6) is 0.802. The van der Waals surface area contributed by atoms with Gasteiger partial charge in [-0.2, -0.15) is 9.46 Å². The topological polar surface area (TPSA) is 85.1 Å². The van der Waals surface area contributed by atoms with Crippen molar-refractivity contribution in [3.05, 3.63) is 93.5 Å². The lowest BCUT2D eigenvalue weighted by molar-refractivity contribution is 0.149. The van der Waals surface area contributed by atoms with E-state index in [1.165, 1.54) is 5.56 Å². The number of allylic oxidation sites excluding steroid dienone is 2.